The van der Waals surface area contributed by atoms with E-state index in [2.05, 4.69) is 59.8 Å². The zero-order valence-electron chi connectivity index (χ0n) is 42.1. The molecule has 2 N–H and O–H groups in total. The molecule has 4 fully saturated rings. The van der Waals surface area contributed by atoms with E-state index in [1.54, 1.807) is 49.8 Å². The van der Waals surface area contributed by atoms with Gasteiger partial charge in [0, 0.05) is 81.1 Å². The van der Waals surface area contributed by atoms with Gasteiger partial charge in [0.2, 0.25) is 0 Å². The second-order valence-corrected chi connectivity index (χ2v) is 19.4. The summed E-state index contributed by atoms with van der Waals surface area (Å²) in [5.41, 5.74) is 2.02. The third-order valence-electron chi connectivity index (χ3n) is 15.8. The number of rotatable bonds is 27. The molecule has 2 heterocycles. The van der Waals surface area contributed by atoms with Crippen molar-refractivity contribution in [1.29, 1.82) is 0 Å². The number of aliphatic hydroxyl groups is 2. The first-order valence-corrected chi connectivity index (χ1v) is 24.4. The Labute approximate surface area is 387 Å². The Morgan fingerprint density at radius 2 is 1.03 bits per heavy atom. The molecular formula is C52H90O12. The first kappa shape index (κ1) is 55.1. The fourth-order valence-electron chi connectivity index (χ4n) is 11.2. The summed E-state index contributed by atoms with van der Waals surface area (Å²) >= 11 is 0. The molecule has 2 aliphatic carbocycles. The molecule has 370 valence electrons. The van der Waals surface area contributed by atoms with Crippen molar-refractivity contribution < 1.29 is 57.6 Å². The van der Waals surface area contributed by atoms with Gasteiger partial charge in [-0.3, -0.25) is 0 Å². The molecule has 0 aromatic carbocycles. The second kappa shape index (κ2) is 27.5. The Kier molecular flexibility index (Phi) is 23.6. The lowest BCUT2D eigenvalue weighted by molar-refractivity contribution is -0.246. The predicted molar refractivity (Wildman–Crippen MR) is 251 cm³/mol. The first-order valence-electron chi connectivity index (χ1n) is 24.4. The van der Waals surface area contributed by atoms with Gasteiger partial charge >= 0.3 is 0 Å². The van der Waals surface area contributed by atoms with Crippen molar-refractivity contribution in [2.75, 3.05) is 56.4 Å². The second-order valence-electron chi connectivity index (χ2n) is 19.4. The SMILES string of the molecule is CC[C@H](OC)[C@@H](C)[C@H]1CC[C@@H]1[C@H](O)[C@@H](C)/C=C/C=C(\C)[C@@H]1O[C@@H](OC)C[C@H](OCCC[C@H](OC)[C@@H](C)[C@H]2CC[C@@H]2[C@H](O)[C@@H](C)/C=C/C=C(\C)[C@@H]2O[C@@H](OC)C[C@H](OC)[C@H]2OC)[C@@H]1OC. The van der Waals surface area contributed by atoms with E-state index < -0.39 is 18.5 Å². The van der Waals surface area contributed by atoms with Crippen molar-refractivity contribution in [2.45, 2.75) is 180 Å². The Bertz CT molecular complexity index is 1450. The number of ether oxygens (including phenoxy) is 10. The third-order valence-corrected chi connectivity index (χ3v) is 15.8. The van der Waals surface area contributed by atoms with E-state index in [4.69, 9.17) is 47.4 Å². The van der Waals surface area contributed by atoms with Gasteiger partial charge in [0.25, 0.3) is 0 Å². The molecule has 12 nitrogen and oxygen atoms in total. The summed E-state index contributed by atoms with van der Waals surface area (Å²) < 4.78 is 59.8. The molecular weight excluding hydrogens is 817 g/mol. The topological polar surface area (TPSA) is 133 Å². The lowest BCUT2D eigenvalue weighted by Gasteiger charge is -2.46. The summed E-state index contributed by atoms with van der Waals surface area (Å²) in [6, 6.07) is 0. The van der Waals surface area contributed by atoms with Crippen molar-refractivity contribution in [1.82, 2.24) is 0 Å². The van der Waals surface area contributed by atoms with E-state index in [0.29, 0.717) is 43.1 Å². The smallest absolute Gasteiger partial charge is 0.160 e. The van der Waals surface area contributed by atoms with Crippen LogP contribution < -0.4 is 0 Å². The molecule has 0 spiro atoms. The standard InChI is InChI=1S/C52H90O12/c1-15-41(55-8)35(6)37-24-26-39(37)47(53)31(2)20-17-22-34(5)50-52(61-14)44(30-46(59-12)64-50)62-28-18-23-42(56-9)36(7)38-25-27-40(38)48(54)32(3)19-16-21-33(4)49-51(60-13)43(57-10)29-45(58-11)63-49/h16-17,19-22,31-32,35-54H,15,18,23-30H2,1-14H3/b19-16+,20-17+,33-21+,34-22+/t31-,32-,35-,36-,37+,38+,39-,40-,41-,42-,43-,44-,45+,46+,47+,48+,49-,50-,51+,52-/m0/s1. The maximum Gasteiger partial charge on any atom is 0.160 e. The van der Waals surface area contributed by atoms with Crippen molar-refractivity contribution in [2.24, 2.45) is 47.3 Å². The fourth-order valence-corrected chi connectivity index (χ4v) is 11.2. The Balaban J connectivity index is 1.27. The van der Waals surface area contributed by atoms with Gasteiger partial charge in [0.05, 0.1) is 36.6 Å². The van der Waals surface area contributed by atoms with Gasteiger partial charge in [-0.15, -0.1) is 0 Å². The van der Waals surface area contributed by atoms with Gasteiger partial charge < -0.3 is 57.6 Å². The molecule has 0 amide bonds. The number of allylic oxidation sites excluding steroid dienone is 4. The highest BCUT2D eigenvalue weighted by molar-refractivity contribution is 5.20. The summed E-state index contributed by atoms with van der Waals surface area (Å²) in [5, 5.41) is 22.9. The van der Waals surface area contributed by atoms with E-state index in [1.165, 1.54) is 0 Å². The van der Waals surface area contributed by atoms with Gasteiger partial charge in [0.15, 0.2) is 12.6 Å². The molecule has 2 saturated heterocycles. The van der Waals surface area contributed by atoms with E-state index in [0.717, 1.165) is 56.1 Å². The average molecular weight is 907 g/mol. The van der Waals surface area contributed by atoms with Crippen LogP contribution in [0.1, 0.15) is 106 Å². The largest absolute Gasteiger partial charge is 0.392 e. The summed E-state index contributed by atoms with van der Waals surface area (Å²) in [5.74, 6) is 2.08. The molecule has 0 aromatic rings. The number of hydrogen-bond acceptors (Lipinski definition) is 12. The van der Waals surface area contributed by atoms with Gasteiger partial charge in [-0.25, -0.2) is 0 Å². The Hall–Kier alpha value is -1.52. The number of aliphatic hydroxyl groups excluding tert-OH is 2. The van der Waals surface area contributed by atoms with Crippen LogP contribution >= 0.6 is 0 Å². The van der Waals surface area contributed by atoms with Crippen LogP contribution in [0.3, 0.4) is 0 Å². The highest BCUT2D eigenvalue weighted by atomic mass is 16.7. The quantitative estimate of drug-likeness (QED) is 0.0606. The van der Waals surface area contributed by atoms with Crippen LogP contribution in [0.15, 0.2) is 47.6 Å². The number of hydrogen-bond donors (Lipinski definition) is 2. The van der Waals surface area contributed by atoms with E-state index in [9.17, 15) is 10.2 Å². The van der Waals surface area contributed by atoms with Crippen molar-refractivity contribution in [3.8, 4) is 0 Å². The van der Waals surface area contributed by atoms with E-state index >= 15 is 0 Å². The lowest BCUT2D eigenvalue weighted by Crippen LogP contribution is -2.51. The minimum Gasteiger partial charge on any atom is -0.392 e. The predicted octanol–water partition coefficient (Wildman–Crippen LogP) is 8.48. The van der Waals surface area contributed by atoms with Crippen LogP contribution in [0.4, 0.5) is 0 Å². The molecule has 64 heavy (non-hydrogen) atoms. The average Bonchev–Trinajstić information content (AvgIpc) is 3.27. The molecule has 2 aliphatic heterocycles. The van der Waals surface area contributed by atoms with Crippen LogP contribution in [0.5, 0.6) is 0 Å². The molecule has 0 bridgehead atoms. The van der Waals surface area contributed by atoms with Gasteiger partial charge in [-0.1, -0.05) is 71.1 Å². The summed E-state index contributed by atoms with van der Waals surface area (Å²) in [7, 11) is 12.0. The fraction of sp³-hybridized carbons (Fsp3) is 0.846. The third kappa shape index (κ3) is 14.0. The van der Waals surface area contributed by atoms with Crippen LogP contribution in [-0.4, -0.2) is 140 Å². The van der Waals surface area contributed by atoms with Crippen LogP contribution in [0.2, 0.25) is 0 Å². The van der Waals surface area contributed by atoms with Crippen molar-refractivity contribution in [3.05, 3.63) is 47.6 Å². The zero-order valence-corrected chi connectivity index (χ0v) is 42.1. The summed E-state index contributed by atoms with van der Waals surface area (Å²) in [6.07, 6.45) is 17.7. The molecule has 0 radical (unpaired) electrons. The van der Waals surface area contributed by atoms with Crippen LogP contribution in [0, 0.1) is 47.3 Å². The first-order chi connectivity index (χ1) is 30.7. The number of methoxy groups -OCH3 is 7. The minimum atomic E-state index is -0.450. The zero-order chi connectivity index (χ0) is 47.1. The van der Waals surface area contributed by atoms with Crippen molar-refractivity contribution in [3.63, 3.8) is 0 Å². The van der Waals surface area contributed by atoms with Crippen LogP contribution in [0.25, 0.3) is 0 Å². The van der Waals surface area contributed by atoms with E-state index in [1.807, 2.05) is 25.2 Å². The molecule has 0 unspecified atom stereocenters. The maximum atomic E-state index is 11.6. The highest BCUT2D eigenvalue weighted by Crippen LogP contribution is 2.47. The Morgan fingerprint density at radius 3 is 1.42 bits per heavy atom. The van der Waals surface area contributed by atoms with Crippen molar-refractivity contribution >= 4 is 0 Å². The minimum absolute atomic E-state index is 0.0179. The van der Waals surface area contributed by atoms with Gasteiger partial charge in [-0.2, -0.15) is 0 Å². The maximum absolute atomic E-state index is 11.6. The normalized spacial score (nSPS) is 35.6. The molecule has 4 rings (SSSR count). The molecule has 12 heteroatoms. The van der Waals surface area contributed by atoms with Crippen LogP contribution in [-0.2, 0) is 47.4 Å². The van der Waals surface area contributed by atoms with E-state index in [-0.39, 0.29) is 78.8 Å². The Morgan fingerprint density at radius 1 is 0.594 bits per heavy atom. The molecule has 20 atom stereocenters. The molecule has 4 aliphatic rings. The van der Waals surface area contributed by atoms with Gasteiger partial charge in [0.1, 0.15) is 24.4 Å². The molecule has 2 saturated carbocycles. The summed E-state index contributed by atoms with van der Waals surface area (Å²) in [6.45, 7) is 15.6. The lowest BCUT2D eigenvalue weighted by atomic mass is 9.62. The molecule has 0 aromatic heterocycles. The summed E-state index contributed by atoms with van der Waals surface area (Å²) in [4.78, 5) is 0. The monoisotopic (exact) mass is 907 g/mol. The highest BCUT2D eigenvalue weighted by Gasteiger charge is 2.45. The van der Waals surface area contributed by atoms with Gasteiger partial charge in [-0.05, 0) is 105 Å².